The number of rotatable bonds is 10. The number of nitrogens with zero attached hydrogens (tertiary/aromatic N) is 1. The monoisotopic (exact) mass is 517 g/mol. The van der Waals surface area contributed by atoms with E-state index in [4.69, 9.17) is 4.74 Å². The van der Waals surface area contributed by atoms with Gasteiger partial charge in [-0.25, -0.2) is 21.6 Å². The molecule has 0 aromatic heterocycles. The number of carbonyl (C=O) groups excluding carboxylic acids is 1. The van der Waals surface area contributed by atoms with Gasteiger partial charge in [0.2, 0.25) is 20.0 Å². The lowest BCUT2D eigenvalue weighted by Gasteiger charge is -2.17. The van der Waals surface area contributed by atoms with Crippen molar-refractivity contribution in [3.63, 3.8) is 0 Å². The molecule has 0 aliphatic rings. The Morgan fingerprint density at radius 3 is 2.17 bits per heavy atom. The summed E-state index contributed by atoms with van der Waals surface area (Å²) < 4.78 is 58.6. The van der Waals surface area contributed by atoms with Gasteiger partial charge in [0.15, 0.2) is 6.61 Å². The second-order valence-electron chi connectivity index (χ2n) is 7.74. The number of hydrogen-bond donors (Lipinski definition) is 2. The molecule has 1 amide bonds. The first kappa shape index (κ1) is 26.4. The summed E-state index contributed by atoms with van der Waals surface area (Å²) >= 11 is 0. The minimum Gasteiger partial charge on any atom is -0.484 e. The standard InChI is InChI=1S/C24H27N3O6S2/c1-18-9-12-22(34(29,30)25-2)15-23(18)26-24(28)17-33-20-10-13-21(14-11-20)35(31,32)27(3)16-19-7-5-4-6-8-19/h4-15,25H,16-17H2,1-3H3,(H,26,28). The van der Waals surface area contributed by atoms with Gasteiger partial charge in [-0.05, 0) is 61.5 Å². The van der Waals surface area contributed by atoms with E-state index in [9.17, 15) is 21.6 Å². The van der Waals surface area contributed by atoms with Crippen LogP contribution in [0.25, 0.3) is 0 Å². The molecule has 0 heterocycles. The van der Waals surface area contributed by atoms with Gasteiger partial charge >= 0.3 is 0 Å². The molecule has 0 aliphatic carbocycles. The van der Waals surface area contributed by atoms with Crippen LogP contribution in [0.15, 0.2) is 82.6 Å². The molecule has 0 fully saturated rings. The van der Waals surface area contributed by atoms with Crippen LogP contribution in [0, 0.1) is 6.92 Å². The third kappa shape index (κ3) is 6.67. The summed E-state index contributed by atoms with van der Waals surface area (Å²) in [4.78, 5) is 12.5. The summed E-state index contributed by atoms with van der Waals surface area (Å²) in [5, 5.41) is 2.63. The Balaban J connectivity index is 1.61. The number of benzene rings is 3. The molecule has 0 saturated carbocycles. The van der Waals surface area contributed by atoms with E-state index in [0.717, 1.165) is 5.56 Å². The number of nitrogens with one attached hydrogen (secondary N) is 2. The van der Waals surface area contributed by atoms with Crippen LogP contribution in [-0.2, 0) is 31.4 Å². The average molecular weight is 518 g/mol. The van der Waals surface area contributed by atoms with Crippen molar-refractivity contribution in [3.8, 4) is 5.75 Å². The molecule has 2 N–H and O–H groups in total. The van der Waals surface area contributed by atoms with Crippen LogP contribution in [0.2, 0.25) is 0 Å². The van der Waals surface area contributed by atoms with E-state index < -0.39 is 26.0 Å². The fourth-order valence-corrected chi connectivity index (χ4v) is 5.08. The van der Waals surface area contributed by atoms with Crippen LogP contribution in [0.3, 0.4) is 0 Å². The summed E-state index contributed by atoms with van der Waals surface area (Å²) in [5.41, 5.74) is 1.90. The van der Waals surface area contributed by atoms with Crippen LogP contribution in [0.5, 0.6) is 5.75 Å². The SMILES string of the molecule is CNS(=O)(=O)c1ccc(C)c(NC(=O)COc2ccc(S(=O)(=O)N(C)Cc3ccccc3)cc2)c1. The molecule has 186 valence electrons. The van der Waals surface area contributed by atoms with E-state index in [1.807, 2.05) is 30.3 Å². The first-order valence-corrected chi connectivity index (χ1v) is 13.5. The molecule has 3 rings (SSSR count). The summed E-state index contributed by atoms with van der Waals surface area (Å²) in [6.45, 7) is 1.63. The Morgan fingerprint density at radius 1 is 0.914 bits per heavy atom. The number of amides is 1. The van der Waals surface area contributed by atoms with Crippen molar-refractivity contribution in [2.45, 2.75) is 23.3 Å². The Kier molecular flexibility index (Phi) is 8.28. The molecule has 35 heavy (non-hydrogen) atoms. The van der Waals surface area contributed by atoms with Gasteiger partial charge in [-0.1, -0.05) is 36.4 Å². The van der Waals surface area contributed by atoms with Crippen molar-refractivity contribution in [2.24, 2.45) is 0 Å². The molecule has 0 atom stereocenters. The normalized spacial score (nSPS) is 11.9. The van der Waals surface area contributed by atoms with Crippen LogP contribution >= 0.6 is 0 Å². The largest absolute Gasteiger partial charge is 0.484 e. The highest BCUT2D eigenvalue weighted by atomic mass is 32.2. The van der Waals surface area contributed by atoms with Crippen LogP contribution in [-0.4, -0.2) is 47.8 Å². The second kappa shape index (κ2) is 11.0. The van der Waals surface area contributed by atoms with Crippen molar-refractivity contribution in [1.82, 2.24) is 9.03 Å². The average Bonchev–Trinajstić information content (AvgIpc) is 2.85. The molecule has 11 heteroatoms. The molecular weight excluding hydrogens is 490 g/mol. The van der Waals surface area contributed by atoms with E-state index in [0.29, 0.717) is 17.0 Å². The molecule has 0 radical (unpaired) electrons. The topological polar surface area (TPSA) is 122 Å². The smallest absolute Gasteiger partial charge is 0.262 e. The minimum atomic E-state index is -3.70. The van der Waals surface area contributed by atoms with E-state index in [1.165, 1.54) is 54.8 Å². The van der Waals surface area contributed by atoms with E-state index in [1.54, 1.807) is 13.0 Å². The molecule has 3 aromatic rings. The van der Waals surface area contributed by atoms with Gasteiger partial charge in [0, 0.05) is 19.3 Å². The zero-order chi connectivity index (χ0) is 25.6. The number of anilines is 1. The Morgan fingerprint density at radius 2 is 1.54 bits per heavy atom. The molecule has 3 aromatic carbocycles. The van der Waals surface area contributed by atoms with Gasteiger partial charge in [0.25, 0.3) is 5.91 Å². The molecule has 0 bridgehead atoms. The second-order valence-corrected chi connectivity index (χ2v) is 11.7. The number of carbonyl (C=O) groups is 1. The summed E-state index contributed by atoms with van der Waals surface area (Å²) in [6.07, 6.45) is 0. The fraction of sp³-hybridized carbons (Fsp3) is 0.208. The third-order valence-electron chi connectivity index (χ3n) is 5.21. The summed E-state index contributed by atoms with van der Waals surface area (Å²) in [6, 6.07) is 19.4. The Bertz CT molecular complexity index is 1390. The van der Waals surface area contributed by atoms with Crippen LogP contribution in [0.1, 0.15) is 11.1 Å². The summed E-state index contributed by atoms with van der Waals surface area (Å²) in [5.74, 6) is -0.181. The number of aryl methyl sites for hydroxylation is 1. The maximum atomic E-state index is 12.8. The van der Waals surface area contributed by atoms with Crippen molar-refractivity contribution >= 4 is 31.6 Å². The van der Waals surface area contributed by atoms with Crippen LogP contribution in [0.4, 0.5) is 5.69 Å². The van der Waals surface area contributed by atoms with Crippen LogP contribution < -0.4 is 14.8 Å². The molecule has 0 aliphatic heterocycles. The minimum absolute atomic E-state index is 0.0239. The van der Waals surface area contributed by atoms with E-state index >= 15 is 0 Å². The van der Waals surface area contributed by atoms with Gasteiger partial charge in [-0.2, -0.15) is 4.31 Å². The van der Waals surface area contributed by atoms with Crippen molar-refractivity contribution in [2.75, 3.05) is 26.0 Å². The number of sulfonamides is 2. The fourth-order valence-electron chi connectivity index (χ4n) is 3.17. The molecule has 0 saturated heterocycles. The van der Waals surface area contributed by atoms with Gasteiger partial charge in [0.1, 0.15) is 5.75 Å². The maximum Gasteiger partial charge on any atom is 0.262 e. The summed E-state index contributed by atoms with van der Waals surface area (Å²) in [7, 11) is -4.54. The predicted octanol–water partition coefficient (Wildman–Crippen LogP) is 2.74. The molecule has 9 nitrogen and oxygen atoms in total. The molecule has 0 unspecified atom stereocenters. The zero-order valence-corrected chi connectivity index (χ0v) is 21.2. The lowest BCUT2D eigenvalue weighted by Crippen LogP contribution is -2.26. The van der Waals surface area contributed by atoms with E-state index in [2.05, 4.69) is 10.0 Å². The lowest BCUT2D eigenvalue weighted by molar-refractivity contribution is -0.118. The van der Waals surface area contributed by atoms with Gasteiger partial charge in [-0.15, -0.1) is 0 Å². The molecular formula is C24H27N3O6S2. The third-order valence-corrected chi connectivity index (χ3v) is 8.44. The zero-order valence-electron chi connectivity index (χ0n) is 19.6. The van der Waals surface area contributed by atoms with Gasteiger partial charge in [0.05, 0.1) is 9.79 Å². The van der Waals surface area contributed by atoms with Gasteiger partial charge < -0.3 is 10.1 Å². The first-order valence-electron chi connectivity index (χ1n) is 10.6. The van der Waals surface area contributed by atoms with Gasteiger partial charge in [-0.3, -0.25) is 4.79 Å². The highest BCUT2D eigenvalue weighted by Crippen LogP contribution is 2.22. The Hall–Kier alpha value is -3.25. The van der Waals surface area contributed by atoms with Crippen molar-refractivity contribution in [1.29, 1.82) is 0 Å². The van der Waals surface area contributed by atoms with E-state index in [-0.39, 0.29) is 22.9 Å². The molecule has 0 spiro atoms. The number of hydrogen-bond acceptors (Lipinski definition) is 6. The quantitative estimate of drug-likeness (QED) is 0.427. The Labute approximate surface area is 205 Å². The lowest BCUT2D eigenvalue weighted by atomic mass is 10.2. The highest BCUT2D eigenvalue weighted by molar-refractivity contribution is 7.89. The highest BCUT2D eigenvalue weighted by Gasteiger charge is 2.21. The van der Waals surface area contributed by atoms with Crippen molar-refractivity contribution < 1.29 is 26.4 Å². The maximum absolute atomic E-state index is 12.8. The first-order chi connectivity index (χ1) is 16.5. The van der Waals surface area contributed by atoms with Crippen molar-refractivity contribution in [3.05, 3.63) is 83.9 Å². The number of ether oxygens (including phenoxy) is 1. The predicted molar refractivity (Wildman–Crippen MR) is 133 cm³/mol.